The van der Waals surface area contributed by atoms with Crippen molar-refractivity contribution in [2.45, 2.75) is 32.2 Å². The molecule has 9 heteroatoms. The number of hydrogen-bond donors (Lipinski definition) is 0. The van der Waals surface area contributed by atoms with Crippen molar-refractivity contribution in [2.75, 3.05) is 31.1 Å². The predicted octanol–water partition coefficient (Wildman–Crippen LogP) is 1.88. The first-order valence-corrected chi connectivity index (χ1v) is 8.51. The predicted molar refractivity (Wildman–Crippen MR) is 89.4 cm³/mol. The lowest BCUT2D eigenvalue weighted by molar-refractivity contribution is -0.384. The number of pyridine rings is 1. The number of piperazine rings is 1. The quantitative estimate of drug-likeness (QED) is 0.598. The minimum absolute atomic E-state index is 0.0701. The van der Waals surface area contributed by atoms with E-state index in [0.717, 1.165) is 43.2 Å². The van der Waals surface area contributed by atoms with E-state index in [1.807, 2.05) is 11.8 Å². The standard InChI is InChI=1S/C16H20N6O3/c1-11-8-13(22(23)24)15(17-9-11)21-6-4-20(5-7-21)10-14-18-16(25-19-14)12-2-3-12/h8-9,12H,2-7,10H2,1H3. The van der Waals surface area contributed by atoms with E-state index in [-0.39, 0.29) is 10.6 Å². The Bertz CT molecular complexity index is 780. The molecule has 0 radical (unpaired) electrons. The van der Waals surface area contributed by atoms with Crippen LogP contribution in [0, 0.1) is 17.0 Å². The molecule has 0 unspecified atom stereocenters. The maximum Gasteiger partial charge on any atom is 0.311 e. The van der Waals surface area contributed by atoms with E-state index in [1.54, 1.807) is 12.3 Å². The molecule has 0 N–H and O–H groups in total. The summed E-state index contributed by atoms with van der Waals surface area (Å²) in [6.07, 6.45) is 3.96. The summed E-state index contributed by atoms with van der Waals surface area (Å²) < 4.78 is 5.29. The van der Waals surface area contributed by atoms with Crippen molar-refractivity contribution >= 4 is 11.5 Å². The Hall–Kier alpha value is -2.55. The first kappa shape index (κ1) is 15.9. The second-order valence-corrected chi connectivity index (χ2v) is 6.70. The zero-order valence-corrected chi connectivity index (χ0v) is 14.1. The molecule has 4 rings (SSSR count). The average Bonchev–Trinajstić information content (AvgIpc) is 3.35. The van der Waals surface area contributed by atoms with E-state index >= 15 is 0 Å². The molecule has 2 aliphatic rings. The van der Waals surface area contributed by atoms with Crippen LogP contribution in [0.25, 0.3) is 0 Å². The molecule has 1 aliphatic heterocycles. The fraction of sp³-hybridized carbons (Fsp3) is 0.562. The highest BCUT2D eigenvalue weighted by molar-refractivity contribution is 5.58. The summed E-state index contributed by atoms with van der Waals surface area (Å²) in [7, 11) is 0. The Morgan fingerprint density at radius 2 is 2.08 bits per heavy atom. The van der Waals surface area contributed by atoms with Crippen LogP contribution in [-0.4, -0.2) is 51.1 Å². The van der Waals surface area contributed by atoms with Crippen molar-refractivity contribution in [3.05, 3.63) is 39.7 Å². The van der Waals surface area contributed by atoms with Gasteiger partial charge in [-0.25, -0.2) is 4.98 Å². The van der Waals surface area contributed by atoms with Crippen molar-refractivity contribution < 1.29 is 9.45 Å². The number of hydrogen-bond acceptors (Lipinski definition) is 8. The normalized spacial score (nSPS) is 18.5. The summed E-state index contributed by atoms with van der Waals surface area (Å²) >= 11 is 0. The molecular weight excluding hydrogens is 324 g/mol. The Kier molecular flexibility index (Phi) is 4.08. The van der Waals surface area contributed by atoms with Crippen LogP contribution in [0.1, 0.15) is 36.0 Å². The molecule has 0 aromatic carbocycles. The Morgan fingerprint density at radius 1 is 1.32 bits per heavy atom. The van der Waals surface area contributed by atoms with Crippen LogP contribution >= 0.6 is 0 Å². The number of anilines is 1. The molecule has 0 spiro atoms. The molecular formula is C16H20N6O3. The van der Waals surface area contributed by atoms with Gasteiger partial charge in [0.25, 0.3) is 0 Å². The molecule has 2 aromatic rings. The van der Waals surface area contributed by atoms with Gasteiger partial charge in [-0.05, 0) is 25.3 Å². The van der Waals surface area contributed by atoms with Crippen LogP contribution in [-0.2, 0) is 6.54 Å². The van der Waals surface area contributed by atoms with Crippen molar-refractivity contribution in [1.82, 2.24) is 20.0 Å². The summed E-state index contributed by atoms with van der Waals surface area (Å²) in [5, 5.41) is 15.3. The van der Waals surface area contributed by atoms with Gasteiger partial charge in [0.05, 0.1) is 11.5 Å². The van der Waals surface area contributed by atoms with Crippen LogP contribution in [0.5, 0.6) is 0 Å². The van der Waals surface area contributed by atoms with E-state index in [9.17, 15) is 10.1 Å². The topological polar surface area (TPSA) is 101 Å². The van der Waals surface area contributed by atoms with Crippen molar-refractivity contribution in [2.24, 2.45) is 0 Å². The molecule has 1 aliphatic carbocycles. The summed E-state index contributed by atoms with van der Waals surface area (Å²) in [6, 6.07) is 1.58. The summed E-state index contributed by atoms with van der Waals surface area (Å²) in [4.78, 5) is 23.9. The number of aromatic nitrogens is 3. The third kappa shape index (κ3) is 3.46. The van der Waals surface area contributed by atoms with Crippen LogP contribution in [0.2, 0.25) is 0 Å². The van der Waals surface area contributed by atoms with Crippen LogP contribution in [0.15, 0.2) is 16.8 Å². The smallest absolute Gasteiger partial charge is 0.311 e. The molecule has 9 nitrogen and oxygen atoms in total. The zero-order chi connectivity index (χ0) is 17.4. The molecule has 25 heavy (non-hydrogen) atoms. The minimum atomic E-state index is -0.361. The van der Waals surface area contributed by atoms with Gasteiger partial charge in [0.1, 0.15) is 0 Å². The summed E-state index contributed by atoms with van der Waals surface area (Å²) in [6.45, 7) is 5.38. The molecule has 0 atom stereocenters. The number of nitrogens with zero attached hydrogens (tertiary/aromatic N) is 6. The van der Waals surface area contributed by atoms with E-state index < -0.39 is 0 Å². The van der Waals surface area contributed by atoms with Gasteiger partial charge in [-0.3, -0.25) is 15.0 Å². The number of rotatable bonds is 5. The monoisotopic (exact) mass is 344 g/mol. The molecule has 1 saturated carbocycles. The van der Waals surface area contributed by atoms with Crippen molar-refractivity contribution in [3.63, 3.8) is 0 Å². The Morgan fingerprint density at radius 3 is 2.76 bits per heavy atom. The molecule has 0 bridgehead atoms. The third-order valence-corrected chi connectivity index (χ3v) is 4.63. The van der Waals surface area contributed by atoms with Gasteiger partial charge in [-0.1, -0.05) is 5.16 Å². The first-order valence-electron chi connectivity index (χ1n) is 8.51. The average molecular weight is 344 g/mol. The van der Waals surface area contributed by atoms with Gasteiger partial charge < -0.3 is 9.42 Å². The second-order valence-electron chi connectivity index (χ2n) is 6.70. The highest BCUT2D eigenvalue weighted by Gasteiger charge is 2.30. The zero-order valence-electron chi connectivity index (χ0n) is 14.1. The third-order valence-electron chi connectivity index (χ3n) is 4.63. The summed E-state index contributed by atoms with van der Waals surface area (Å²) in [5.41, 5.74) is 0.860. The van der Waals surface area contributed by atoms with Crippen molar-refractivity contribution in [3.8, 4) is 0 Å². The fourth-order valence-electron chi connectivity index (χ4n) is 3.07. The maximum absolute atomic E-state index is 11.3. The SMILES string of the molecule is Cc1cnc(N2CCN(Cc3noc(C4CC4)n3)CC2)c([N+](=O)[O-])c1. The van der Waals surface area contributed by atoms with E-state index in [2.05, 4.69) is 20.0 Å². The Labute approximate surface area is 144 Å². The molecule has 1 saturated heterocycles. The van der Waals surface area contributed by atoms with E-state index in [1.165, 1.54) is 0 Å². The van der Waals surface area contributed by atoms with Crippen molar-refractivity contribution in [1.29, 1.82) is 0 Å². The minimum Gasteiger partial charge on any atom is -0.348 e. The lowest BCUT2D eigenvalue weighted by Crippen LogP contribution is -2.46. The molecule has 132 valence electrons. The lowest BCUT2D eigenvalue weighted by atomic mass is 10.2. The molecule has 2 aromatic heterocycles. The fourth-order valence-corrected chi connectivity index (χ4v) is 3.07. The highest BCUT2D eigenvalue weighted by atomic mass is 16.6. The Balaban J connectivity index is 1.38. The molecule has 2 fully saturated rings. The van der Waals surface area contributed by atoms with Crippen LogP contribution in [0.4, 0.5) is 11.5 Å². The van der Waals surface area contributed by atoms with Gasteiger partial charge in [0, 0.05) is 44.4 Å². The second kappa shape index (κ2) is 6.40. The molecule has 0 amide bonds. The highest BCUT2D eigenvalue weighted by Crippen LogP contribution is 2.38. The van der Waals surface area contributed by atoms with E-state index in [4.69, 9.17) is 4.52 Å². The van der Waals surface area contributed by atoms with Gasteiger partial charge >= 0.3 is 5.69 Å². The maximum atomic E-state index is 11.3. The molecule has 3 heterocycles. The first-order chi connectivity index (χ1) is 12.1. The van der Waals surface area contributed by atoms with E-state index in [0.29, 0.717) is 31.4 Å². The summed E-state index contributed by atoms with van der Waals surface area (Å²) in [5.74, 6) is 2.39. The van der Waals surface area contributed by atoms with Crippen LogP contribution < -0.4 is 4.90 Å². The van der Waals surface area contributed by atoms with Crippen LogP contribution in [0.3, 0.4) is 0 Å². The van der Waals surface area contributed by atoms with Gasteiger partial charge in [-0.2, -0.15) is 4.98 Å². The number of nitro groups is 1. The van der Waals surface area contributed by atoms with Gasteiger partial charge in [0.2, 0.25) is 11.7 Å². The lowest BCUT2D eigenvalue weighted by Gasteiger charge is -2.34. The van der Waals surface area contributed by atoms with Gasteiger partial charge in [-0.15, -0.1) is 0 Å². The largest absolute Gasteiger partial charge is 0.348 e. The van der Waals surface area contributed by atoms with Gasteiger partial charge in [0.15, 0.2) is 5.82 Å². The number of aryl methyl sites for hydroxylation is 1.